The van der Waals surface area contributed by atoms with Gasteiger partial charge in [-0.15, -0.1) is 18.2 Å². The molecule has 463 valence electrons. The van der Waals surface area contributed by atoms with Crippen molar-refractivity contribution in [2.75, 3.05) is 107 Å². The van der Waals surface area contributed by atoms with Gasteiger partial charge in [0.2, 0.25) is 5.91 Å². The van der Waals surface area contributed by atoms with Crippen LogP contribution >= 0.6 is 0 Å². The summed E-state index contributed by atoms with van der Waals surface area (Å²) in [6.45, 7) is 35.3. The van der Waals surface area contributed by atoms with Gasteiger partial charge < -0.3 is 79.2 Å². The number of rotatable bonds is 4. The number of hydrogen-bond donors (Lipinski definition) is 7. The Morgan fingerprint density at radius 1 is 0.452 bits per heavy atom. The van der Waals surface area contributed by atoms with Gasteiger partial charge in [-0.1, -0.05) is 58.9 Å². The molecule has 84 heavy (non-hydrogen) atoms. The van der Waals surface area contributed by atoms with Crippen LogP contribution in [-0.4, -0.2) is 156 Å². The Kier molecular flexibility index (Phi) is 36.6. The number of nitrogens with one attached hydrogen (secondary N) is 1. The molecule has 0 atom stereocenters. The van der Waals surface area contributed by atoms with Crippen LogP contribution in [-0.2, 0) is 103 Å². The van der Waals surface area contributed by atoms with Gasteiger partial charge in [0.05, 0.1) is 0 Å². The van der Waals surface area contributed by atoms with Crippen molar-refractivity contribution < 1.29 is 103 Å². The predicted octanol–water partition coefficient (Wildman–Crippen LogP) is 6.93. The zero-order valence-corrected chi connectivity index (χ0v) is 62.8. The minimum absolute atomic E-state index is 0. The summed E-state index contributed by atoms with van der Waals surface area (Å²) in [6.07, 6.45) is 23.0. The Hall–Kier alpha value is -1.54. The minimum atomic E-state index is -0.244. The molecule has 0 aliphatic carbocycles. The van der Waals surface area contributed by atoms with Gasteiger partial charge in [0.15, 0.2) is 0 Å². The minimum Gasteiger partial charge on any atom is -0.409 e. The number of pyridine rings is 4. The first-order chi connectivity index (χ1) is 37.8. The van der Waals surface area contributed by atoms with Crippen LogP contribution in [0.15, 0.2) is 54.7 Å². The van der Waals surface area contributed by atoms with Gasteiger partial charge in [-0.05, 0) is 190 Å². The van der Waals surface area contributed by atoms with Crippen molar-refractivity contribution in [2.45, 2.75) is 181 Å². The Balaban J connectivity index is 0.000000494. The second kappa shape index (κ2) is 38.2. The Bertz CT molecular complexity index is 2260. The Morgan fingerprint density at radius 3 is 1.05 bits per heavy atom. The molecule has 6 fully saturated rings. The summed E-state index contributed by atoms with van der Waals surface area (Å²) in [7, 11) is 4.22. The molecule has 0 saturated carbocycles. The van der Waals surface area contributed by atoms with E-state index in [1.54, 1.807) is 0 Å². The number of piperidine rings is 6. The van der Waals surface area contributed by atoms with E-state index in [4.69, 9.17) is 34.4 Å². The second-order valence-corrected chi connectivity index (χ2v) is 26.4. The Labute approximate surface area is 584 Å². The number of carbonyl (C=O) groups excluding carboxylic acids is 1. The van der Waals surface area contributed by atoms with Crippen LogP contribution in [0.4, 0.5) is 17.5 Å². The summed E-state index contributed by atoms with van der Waals surface area (Å²) in [5, 5.41) is 3.26. The average molecular weight is 1390 g/mol. The molecule has 1 amide bonds. The van der Waals surface area contributed by atoms with Crippen molar-refractivity contribution >= 4 is 23.4 Å². The smallest absolute Gasteiger partial charge is 0.223 e. The van der Waals surface area contributed by atoms with E-state index in [-0.39, 0.29) is 137 Å². The van der Waals surface area contributed by atoms with Gasteiger partial charge in [-0.25, -0.2) is 4.98 Å². The normalized spacial score (nSPS) is 20.7. The van der Waals surface area contributed by atoms with E-state index in [0.29, 0.717) is 0 Å². The molecule has 4 aromatic rings. The molecule has 6 aliphatic heterocycles. The molecule has 0 aromatic carbocycles. The largest absolute Gasteiger partial charge is 0.409 e. The molecular formula is C64H109N16OY3-3. The molecule has 17 nitrogen and oxygen atoms in total. The van der Waals surface area contributed by atoms with E-state index in [1.165, 1.54) is 22.3 Å². The summed E-state index contributed by atoms with van der Waals surface area (Å²) < 4.78 is 0. The van der Waals surface area contributed by atoms with Crippen molar-refractivity contribution in [1.82, 2.24) is 35.1 Å². The van der Waals surface area contributed by atoms with E-state index in [0.717, 1.165) is 179 Å². The number of carbonyl (C=O) groups is 1. The molecule has 6 aliphatic rings. The van der Waals surface area contributed by atoms with Gasteiger partial charge in [0, 0.05) is 188 Å². The number of aryl methyl sites for hydroxylation is 5. The number of amides is 1. The predicted molar refractivity (Wildman–Crippen MR) is 337 cm³/mol. The maximum absolute atomic E-state index is 11.0. The van der Waals surface area contributed by atoms with Crippen molar-refractivity contribution in [3.8, 4) is 0 Å². The molecule has 0 spiro atoms. The third kappa shape index (κ3) is 31.8. The van der Waals surface area contributed by atoms with E-state index in [9.17, 15) is 4.79 Å². The molecule has 20 heteroatoms. The number of likely N-dealkylation sites (tertiary alicyclic amines) is 2. The van der Waals surface area contributed by atoms with Gasteiger partial charge in [0.1, 0.15) is 5.82 Å². The first-order valence-corrected chi connectivity index (χ1v) is 29.9. The maximum atomic E-state index is 11.0. The fourth-order valence-corrected chi connectivity index (χ4v) is 9.84. The molecule has 0 unspecified atom stereocenters. The molecule has 0 bridgehead atoms. The quantitative estimate of drug-likeness (QED) is 0.102. The number of aromatic nitrogens is 4. The van der Waals surface area contributed by atoms with Gasteiger partial charge in [-0.3, -0.25) is 4.79 Å². The fraction of sp³-hybridized carbons (Fsp3) is 0.672. The first kappa shape index (κ1) is 80.5. The third-order valence-electron chi connectivity index (χ3n) is 16.8. The zero-order chi connectivity index (χ0) is 60.1. The number of nitrogens with zero attached hydrogens (tertiary/aromatic N) is 9. The van der Waals surface area contributed by atoms with Gasteiger partial charge in [0.25, 0.3) is 0 Å². The summed E-state index contributed by atoms with van der Waals surface area (Å²) in [4.78, 5) is 39.3. The van der Waals surface area contributed by atoms with E-state index in [1.807, 2.05) is 57.3 Å². The monoisotopic (exact) mass is 1380 g/mol. The van der Waals surface area contributed by atoms with Crippen LogP contribution in [0.1, 0.15) is 147 Å². The molecule has 13 N–H and O–H groups in total. The molecule has 10 rings (SSSR count). The van der Waals surface area contributed by atoms with Crippen LogP contribution in [0.3, 0.4) is 0 Å². The van der Waals surface area contributed by atoms with Crippen molar-refractivity contribution in [2.24, 2.45) is 39.8 Å². The molecule has 4 aromatic heterocycles. The standard InChI is InChI=1S/C12H19N3.2C12H18N3.C8H16N2O.C7H16N2.C7H8N.C6H14N2.3Y/c3*1-10-3-6-14-11(9-10)15-7-4-12(2,13)5-8-15;1-8(7(9)11)3-5-10(2)6-4-8;1-7(8)3-5-9(2)6-4-7;1-6-3-4-8-7(2)5-6;1-6(7)2-4-8-5-3-6;;;/h3,6,9H,4-5,7-8,13H2,1-2H3;2*3,9H,4-5,7-8,13H2,1-2H3;3-6H2,1-2H3,(H2,9,11);3-6,8H2,1-2H3;3,5H,1-2H3;8H,2-5,7H2,1H3;;;/q;2*-1;;;-1;;;;. The van der Waals surface area contributed by atoms with Crippen LogP contribution in [0.2, 0.25) is 0 Å². The third-order valence-corrected chi connectivity index (χ3v) is 16.8. The average Bonchev–Trinajstić information content (AvgIpc) is 3.39. The summed E-state index contributed by atoms with van der Waals surface area (Å²) in [6, 6.07) is 16.1. The molecule has 10 heterocycles. The van der Waals surface area contributed by atoms with Gasteiger partial charge >= 0.3 is 0 Å². The SMILES string of the molecule is CC1(N)CCNCC1.CN1CCC(C)(C(N)=O)CC1.CN1CCC(C)(N)CC1.Cc1c[c-]nc(C)c1.Cc1c[c-]nc(N2CCC(C)(N)CC2)c1.Cc1c[c-]nc(N2CCC(C)(N)CC2)c1.Cc1ccnc(N2CCC(C)(N)CC2)c1.[Y].[Y].[Y]. The van der Waals surface area contributed by atoms with Crippen LogP contribution in [0, 0.1) is 58.6 Å². The van der Waals surface area contributed by atoms with Crippen LogP contribution in [0.25, 0.3) is 0 Å². The zero-order valence-electron chi connectivity index (χ0n) is 54.3. The molecule has 3 radical (unpaired) electrons. The van der Waals surface area contributed by atoms with Crippen LogP contribution in [0.5, 0.6) is 0 Å². The van der Waals surface area contributed by atoms with Crippen LogP contribution < -0.4 is 54.4 Å². The van der Waals surface area contributed by atoms with Crippen molar-refractivity contribution in [3.05, 3.63) is 101 Å². The maximum Gasteiger partial charge on any atom is 0.223 e. The summed E-state index contributed by atoms with van der Waals surface area (Å²) in [5.41, 5.74) is 41.3. The van der Waals surface area contributed by atoms with E-state index in [2.05, 4.69) is 156 Å². The molecular weight excluding hydrogens is 1280 g/mol. The van der Waals surface area contributed by atoms with Gasteiger partial charge in [-0.2, -0.15) is 34.9 Å². The van der Waals surface area contributed by atoms with Crippen molar-refractivity contribution in [1.29, 1.82) is 0 Å². The Morgan fingerprint density at radius 2 is 0.762 bits per heavy atom. The number of hydrogen-bond acceptors (Lipinski definition) is 16. The number of nitrogens with two attached hydrogens (primary N) is 6. The topological polar surface area (TPSA) is 253 Å². The number of primary amides is 1. The summed E-state index contributed by atoms with van der Waals surface area (Å²) >= 11 is 0. The van der Waals surface area contributed by atoms with E-state index >= 15 is 0 Å². The number of anilines is 3. The fourth-order valence-electron chi connectivity index (χ4n) is 9.84. The first-order valence-electron chi connectivity index (χ1n) is 29.9. The van der Waals surface area contributed by atoms with E-state index < -0.39 is 0 Å². The second-order valence-electron chi connectivity index (χ2n) is 26.4. The summed E-state index contributed by atoms with van der Waals surface area (Å²) in [5.74, 6) is 3.01. The molecule has 6 saturated heterocycles. The van der Waals surface area contributed by atoms with Crippen molar-refractivity contribution in [3.63, 3.8) is 0 Å².